The molecule has 0 saturated heterocycles. The average molecular weight is 224 g/mol. The highest BCUT2D eigenvalue weighted by Crippen LogP contribution is 2.36. The molecule has 0 heterocycles. The zero-order chi connectivity index (χ0) is 10.8. The molecule has 1 aromatic rings. The summed E-state index contributed by atoms with van der Waals surface area (Å²) in [5, 5.41) is -2.33. The van der Waals surface area contributed by atoms with Crippen molar-refractivity contribution >= 4 is 11.1 Å². The Morgan fingerprint density at radius 3 is 2.07 bits per heavy atom. The molecule has 78 valence electrons. The molecule has 2 atom stereocenters. The van der Waals surface area contributed by atoms with Gasteiger partial charge in [0.1, 0.15) is 0 Å². The Kier molecular flexibility index (Phi) is 3.28. The first-order chi connectivity index (χ1) is 6.43. The molecular weight excluding hydrogens is 217 g/mol. The molecule has 0 spiro atoms. The van der Waals surface area contributed by atoms with Crippen LogP contribution in [0.1, 0.15) is 10.8 Å². The molecule has 1 aromatic carbocycles. The highest BCUT2D eigenvalue weighted by molar-refractivity contribution is 7.79. The van der Waals surface area contributed by atoms with E-state index in [1.54, 1.807) is 0 Å². The quantitative estimate of drug-likeness (QED) is 0.784. The summed E-state index contributed by atoms with van der Waals surface area (Å²) in [5.41, 5.74) is -0.208. The number of benzene rings is 1. The second-order valence-corrected chi connectivity index (χ2v) is 3.63. The third-order valence-corrected chi connectivity index (χ3v) is 2.54. The van der Waals surface area contributed by atoms with Crippen molar-refractivity contribution in [2.24, 2.45) is 0 Å². The van der Waals surface area contributed by atoms with E-state index in [-0.39, 0.29) is 5.56 Å². The Morgan fingerprint density at radius 1 is 1.21 bits per heavy atom. The van der Waals surface area contributed by atoms with Gasteiger partial charge in [-0.15, -0.1) is 0 Å². The largest absolute Gasteiger partial charge is 0.409 e. The Balaban J connectivity index is 3.08. The first-order valence-electron chi connectivity index (χ1n) is 3.64. The number of hydrogen-bond acceptors (Lipinski definition) is 1. The van der Waals surface area contributed by atoms with Gasteiger partial charge >= 0.3 is 6.18 Å². The van der Waals surface area contributed by atoms with Gasteiger partial charge < -0.3 is 4.55 Å². The number of alkyl halides is 3. The summed E-state index contributed by atoms with van der Waals surface area (Å²) in [6, 6.07) is 6.66. The maximum atomic E-state index is 12.3. The first-order valence-corrected chi connectivity index (χ1v) is 4.81. The van der Waals surface area contributed by atoms with Gasteiger partial charge in [0.25, 0.3) is 0 Å². The van der Waals surface area contributed by atoms with E-state index in [9.17, 15) is 17.4 Å². The molecule has 2 nitrogen and oxygen atoms in total. The van der Waals surface area contributed by atoms with Crippen LogP contribution in [0.15, 0.2) is 30.3 Å². The van der Waals surface area contributed by atoms with Crippen LogP contribution in [0.4, 0.5) is 13.2 Å². The molecule has 0 aliphatic rings. The summed E-state index contributed by atoms with van der Waals surface area (Å²) >= 11 is -2.95. The molecule has 0 aliphatic heterocycles. The molecule has 1 N–H and O–H groups in total. The van der Waals surface area contributed by atoms with Gasteiger partial charge in [-0.2, -0.15) is 13.2 Å². The van der Waals surface area contributed by atoms with Crippen LogP contribution < -0.4 is 0 Å². The standard InChI is InChI=1S/C8H7F3O2S/c9-8(10,11)7(14(12)13)6-4-2-1-3-5-6/h1-5,7H,(H,12,13). The molecule has 0 fully saturated rings. The van der Waals surface area contributed by atoms with E-state index >= 15 is 0 Å². The number of halogens is 3. The maximum Gasteiger partial charge on any atom is 0.409 e. The van der Waals surface area contributed by atoms with Gasteiger partial charge in [0.05, 0.1) is 0 Å². The van der Waals surface area contributed by atoms with Gasteiger partial charge in [0.15, 0.2) is 16.3 Å². The van der Waals surface area contributed by atoms with Crippen LogP contribution in [0.5, 0.6) is 0 Å². The minimum absolute atomic E-state index is 0.208. The summed E-state index contributed by atoms with van der Waals surface area (Å²) in [5.74, 6) is 0. The van der Waals surface area contributed by atoms with Crippen LogP contribution in [-0.2, 0) is 11.1 Å². The lowest BCUT2D eigenvalue weighted by Crippen LogP contribution is -2.24. The minimum Gasteiger partial charge on any atom is -0.305 e. The van der Waals surface area contributed by atoms with Gasteiger partial charge in [-0.25, -0.2) is 4.21 Å². The van der Waals surface area contributed by atoms with E-state index in [0.717, 1.165) is 0 Å². The van der Waals surface area contributed by atoms with Crippen LogP contribution in [0, 0.1) is 0 Å². The fourth-order valence-electron chi connectivity index (χ4n) is 1.05. The molecule has 2 unspecified atom stereocenters. The van der Waals surface area contributed by atoms with Crippen LogP contribution in [0.2, 0.25) is 0 Å². The Hall–Kier alpha value is -0.880. The van der Waals surface area contributed by atoms with Crippen molar-refractivity contribution < 1.29 is 21.9 Å². The average Bonchev–Trinajstić information content (AvgIpc) is 2.02. The first kappa shape index (κ1) is 11.2. The van der Waals surface area contributed by atoms with Crippen molar-refractivity contribution in [3.8, 4) is 0 Å². The van der Waals surface area contributed by atoms with Crippen molar-refractivity contribution in [2.75, 3.05) is 0 Å². The van der Waals surface area contributed by atoms with Gasteiger partial charge in [0, 0.05) is 0 Å². The van der Waals surface area contributed by atoms with Crippen LogP contribution in [0.25, 0.3) is 0 Å². The summed E-state index contributed by atoms with van der Waals surface area (Å²) < 4.78 is 56.0. The minimum atomic E-state index is -4.71. The summed E-state index contributed by atoms with van der Waals surface area (Å²) in [7, 11) is 0. The SMILES string of the molecule is O=S(O)C(c1ccccc1)C(F)(F)F. The van der Waals surface area contributed by atoms with Gasteiger partial charge in [-0.05, 0) is 5.56 Å². The second-order valence-electron chi connectivity index (χ2n) is 2.61. The van der Waals surface area contributed by atoms with Crippen molar-refractivity contribution in [1.82, 2.24) is 0 Å². The lowest BCUT2D eigenvalue weighted by atomic mass is 10.1. The van der Waals surface area contributed by atoms with E-state index < -0.39 is 22.5 Å². The zero-order valence-corrected chi connectivity index (χ0v) is 7.68. The summed E-state index contributed by atoms with van der Waals surface area (Å²) in [6.45, 7) is 0. The van der Waals surface area contributed by atoms with Crippen molar-refractivity contribution in [3.05, 3.63) is 35.9 Å². The summed E-state index contributed by atoms with van der Waals surface area (Å²) in [6.07, 6.45) is -4.71. The molecule has 0 amide bonds. The van der Waals surface area contributed by atoms with E-state index in [4.69, 9.17) is 4.55 Å². The van der Waals surface area contributed by atoms with E-state index in [0.29, 0.717) is 0 Å². The molecule has 14 heavy (non-hydrogen) atoms. The lowest BCUT2D eigenvalue weighted by molar-refractivity contribution is -0.131. The summed E-state index contributed by atoms with van der Waals surface area (Å²) in [4.78, 5) is 0. The smallest absolute Gasteiger partial charge is 0.305 e. The lowest BCUT2D eigenvalue weighted by Gasteiger charge is -2.16. The zero-order valence-electron chi connectivity index (χ0n) is 6.86. The molecule has 0 bridgehead atoms. The fraction of sp³-hybridized carbons (Fsp3) is 0.250. The van der Waals surface area contributed by atoms with Gasteiger partial charge in [-0.1, -0.05) is 30.3 Å². The Labute approximate surface area is 81.0 Å². The molecule has 6 heteroatoms. The Morgan fingerprint density at radius 2 is 1.71 bits per heavy atom. The van der Waals surface area contributed by atoms with Gasteiger partial charge in [-0.3, -0.25) is 0 Å². The van der Waals surface area contributed by atoms with Crippen LogP contribution in [-0.4, -0.2) is 14.9 Å². The van der Waals surface area contributed by atoms with E-state index in [2.05, 4.69) is 0 Å². The highest BCUT2D eigenvalue weighted by Gasteiger charge is 2.45. The van der Waals surface area contributed by atoms with E-state index in [1.165, 1.54) is 30.3 Å². The second kappa shape index (κ2) is 4.10. The Bertz CT molecular complexity index is 323. The third kappa shape index (κ3) is 2.55. The molecule has 1 rings (SSSR count). The molecule has 0 aliphatic carbocycles. The normalized spacial score (nSPS) is 16.3. The van der Waals surface area contributed by atoms with Gasteiger partial charge in [0.2, 0.25) is 0 Å². The van der Waals surface area contributed by atoms with Crippen LogP contribution >= 0.6 is 0 Å². The topological polar surface area (TPSA) is 37.3 Å². The van der Waals surface area contributed by atoms with E-state index in [1.807, 2.05) is 0 Å². The fourth-order valence-corrected chi connectivity index (χ4v) is 1.67. The van der Waals surface area contributed by atoms with Crippen molar-refractivity contribution in [1.29, 1.82) is 0 Å². The molecule has 0 radical (unpaired) electrons. The van der Waals surface area contributed by atoms with Crippen molar-refractivity contribution in [2.45, 2.75) is 11.4 Å². The predicted molar refractivity (Wildman–Crippen MR) is 46.0 cm³/mol. The predicted octanol–water partition coefficient (Wildman–Crippen LogP) is 2.51. The monoisotopic (exact) mass is 224 g/mol. The molecular formula is C8H7F3O2S. The van der Waals surface area contributed by atoms with Crippen LogP contribution in [0.3, 0.4) is 0 Å². The van der Waals surface area contributed by atoms with Crippen molar-refractivity contribution in [3.63, 3.8) is 0 Å². The molecule has 0 aromatic heterocycles. The number of rotatable bonds is 2. The number of hydrogen-bond donors (Lipinski definition) is 1. The maximum absolute atomic E-state index is 12.3. The third-order valence-electron chi connectivity index (χ3n) is 1.60. The molecule has 0 saturated carbocycles. The highest BCUT2D eigenvalue weighted by atomic mass is 32.2.